The van der Waals surface area contributed by atoms with E-state index in [4.69, 9.17) is 0 Å². The lowest BCUT2D eigenvalue weighted by Crippen LogP contribution is -2.41. The summed E-state index contributed by atoms with van der Waals surface area (Å²) in [5, 5.41) is 5.05. The molecule has 0 fully saturated rings. The predicted molar refractivity (Wildman–Crippen MR) is 78.4 cm³/mol. The lowest BCUT2D eigenvalue weighted by atomic mass is 10.2. The van der Waals surface area contributed by atoms with E-state index in [1.165, 1.54) is 43.3 Å². The van der Waals surface area contributed by atoms with Crippen molar-refractivity contribution in [1.82, 2.24) is 5.32 Å². The van der Waals surface area contributed by atoms with Gasteiger partial charge in [0.2, 0.25) is 5.91 Å². The number of halogens is 2. The largest absolute Gasteiger partial charge is 0.341 e. The SMILES string of the molecule is C[C@@H](NC(=O)c1ccc(F)cc1)C(=O)Nc1ccc(F)cc1. The van der Waals surface area contributed by atoms with Gasteiger partial charge in [-0.05, 0) is 55.5 Å². The van der Waals surface area contributed by atoms with Crippen molar-refractivity contribution < 1.29 is 18.4 Å². The van der Waals surface area contributed by atoms with Crippen LogP contribution >= 0.6 is 0 Å². The van der Waals surface area contributed by atoms with Crippen molar-refractivity contribution in [3.05, 3.63) is 65.7 Å². The summed E-state index contributed by atoms with van der Waals surface area (Å²) in [4.78, 5) is 23.8. The first-order valence-electron chi connectivity index (χ1n) is 6.58. The minimum absolute atomic E-state index is 0.253. The maximum absolute atomic E-state index is 12.8. The zero-order valence-electron chi connectivity index (χ0n) is 11.8. The molecule has 2 aromatic carbocycles. The van der Waals surface area contributed by atoms with Gasteiger partial charge in [-0.3, -0.25) is 9.59 Å². The second-order valence-corrected chi connectivity index (χ2v) is 4.70. The fourth-order valence-electron chi connectivity index (χ4n) is 1.73. The molecule has 0 unspecified atom stereocenters. The first-order chi connectivity index (χ1) is 10.5. The Morgan fingerprint density at radius 2 is 1.41 bits per heavy atom. The monoisotopic (exact) mass is 304 g/mol. The Bertz CT molecular complexity index is 670. The van der Waals surface area contributed by atoms with Crippen LogP contribution in [0.5, 0.6) is 0 Å². The van der Waals surface area contributed by atoms with Crippen LogP contribution in [-0.4, -0.2) is 17.9 Å². The Morgan fingerprint density at radius 3 is 1.95 bits per heavy atom. The van der Waals surface area contributed by atoms with Crippen LogP contribution in [0.15, 0.2) is 48.5 Å². The zero-order chi connectivity index (χ0) is 16.1. The molecule has 22 heavy (non-hydrogen) atoms. The molecule has 0 heterocycles. The molecule has 2 N–H and O–H groups in total. The minimum atomic E-state index is -0.803. The molecule has 6 heteroatoms. The van der Waals surface area contributed by atoms with Crippen LogP contribution in [0.4, 0.5) is 14.5 Å². The van der Waals surface area contributed by atoms with Crippen LogP contribution in [0, 0.1) is 11.6 Å². The molecule has 0 aliphatic heterocycles. The Morgan fingerprint density at radius 1 is 0.909 bits per heavy atom. The number of amides is 2. The molecule has 4 nitrogen and oxygen atoms in total. The van der Waals surface area contributed by atoms with Gasteiger partial charge in [-0.2, -0.15) is 0 Å². The second kappa shape index (κ2) is 6.80. The Labute approximate surface area is 126 Å². The van der Waals surface area contributed by atoms with Crippen molar-refractivity contribution in [3.63, 3.8) is 0 Å². The first-order valence-corrected chi connectivity index (χ1v) is 6.58. The molecule has 0 aromatic heterocycles. The van der Waals surface area contributed by atoms with E-state index in [2.05, 4.69) is 10.6 Å². The van der Waals surface area contributed by atoms with Crippen LogP contribution < -0.4 is 10.6 Å². The summed E-state index contributed by atoms with van der Waals surface area (Å²) in [6.45, 7) is 1.51. The van der Waals surface area contributed by atoms with Crippen LogP contribution in [0.2, 0.25) is 0 Å². The van der Waals surface area contributed by atoms with E-state index in [0.717, 1.165) is 12.1 Å². The molecule has 0 saturated heterocycles. The van der Waals surface area contributed by atoms with Gasteiger partial charge < -0.3 is 10.6 Å². The quantitative estimate of drug-likeness (QED) is 0.912. The summed E-state index contributed by atoms with van der Waals surface area (Å²) in [7, 11) is 0. The standard InChI is InChI=1S/C16H14F2N2O2/c1-10(15(21)20-14-8-6-13(18)7-9-14)19-16(22)11-2-4-12(17)5-3-11/h2-10H,1H3,(H,19,22)(H,20,21)/t10-/m1/s1. The number of hydrogen-bond donors (Lipinski definition) is 2. The Balaban J connectivity index is 1.94. The van der Waals surface area contributed by atoms with E-state index in [0.29, 0.717) is 5.69 Å². The van der Waals surface area contributed by atoms with Crippen LogP contribution in [0.25, 0.3) is 0 Å². The highest BCUT2D eigenvalue weighted by Gasteiger charge is 2.16. The van der Waals surface area contributed by atoms with Gasteiger partial charge in [-0.25, -0.2) is 8.78 Å². The number of carbonyl (C=O) groups excluding carboxylic acids is 2. The lowest BCUT2D eigenvalue weighted by molar-refractivity contribution is -0.117. The third-order valence-corrected chi connectivity index (χ3v) is 2.96. The summed E-state index contributed by atoms with van der Waals surface area (Å²) >= 11 is 0. The van der Waals surface area contributed by atoms with Crippen molar-refractivity contribution in [2.75, 3.05) is 5.32 Å². The van der Waals surface area contributed by atoms with Crippen LogP contribution in [0.1, 0.15) is 17.3 Å². The van der Waals surface area contributed by atoms with Gasteiger partial charge in [0.1, 0.15) is 17.7 Å². The molecule has 2 aromatic rings. The fraction of sp³-hybridized carbons (Fsp3) is 0.125. The van der Waals surface area contributed by atoms with Gasteiger partial charge >= 0.3 is 0 Å². The molecule has 0 aliphatic rings. The Hall–Kier alpha value is -2.76. The predicted octanol–water partition coefficient (Wildman–Crippen LogP) is 2.72. The summed E-state index contributed by atoms with van der Waals surface area (Å²) in [5.74, 6) is -1.78. The summed E-state index contributed by atoms with van der Waals surface area (Å²) in [5.41, 5.74) is 0.678. The molecule has 1 atom stereocenters. The van der Waals surface area contributed by atoms with Crippen molar-refractivity contribution >= 4 is 17.5 Å². The van der Waals surface area contributed by atoms with E-state index in [1.807, 2.05) is 0 Å². The molecular formula is C16H14F2N2O2. The number of benzene rings is 2. The third kappa shape index (κ3) is 4.12. The minimum Gasteiger partial charge on any atom is -0.341 e. The lowest BCUT2D eigenvalue weighted by Gasteiger charge is -2.14. The molecule has 0 aliphatic carbocycles. The van der Waals surface area contributed by atoms with E-state index < -0.39 is 29.5 Å². The maximum atomic E-state index is 12.8. The van der Waals surface area contributed by atoms with Gasteiger partial charge in [-0.15, -0.1) is 0 Å². The second-order valence-electron chi connectivity index (χ2n) is 4.70. The van der Waals surface area contributed by atoms with Gasteiger partial charge in [0.15, 0.2) is 0 Å². The number of nitrogens with one attached hydrogen (secondary N) is 2. The highest BCUT2D eigenvalue weighted by Crippen LogP contribution is 2.09. The van der Waals surface area contributed by atoms with Crippen LogP contribution in [0.3, 0.4) is 0 Å². The average Bonchev–Trinajstić information content (AvgIpc) is 2.50. The molecule has 0 bridgehead atoms. The molecule has 114 valence electrons. The van der Waals surface area contributed by atoms with Crippen molar-refractivity contribution in [1.29, 1.82) is 0 Å². The summed E-state index contributed by atoms with van der Waals surface area (Å²) in [6.07, 6.45) is 0. The highest BCUT2D eigenvalue weighted by molar-refractivity contribution is 6.00. The number of anilines is 1. The normalized spacial score (nSPS) is 11.6. The van der Waals surface area contributed by atoms with E-state index in [-0.39, 0.29) is 5.56 Å². The molecule has 0 radical (unpaired) electrons. The molecule has 2 rings (SSSR count). The molecule has 0 saturated carbocycles. The Kier molecular flexibility index (Phi) is 4.83. The van der Waals surface area contributed by atoms with Gasteiger partial charge in [0.25, 0.3) is 5.91 Å². The van der Waals surface area contributed by atoms with Crippen molar-refractivity contribution in [3.8, 4) is 0 Å². The number of carbonyl (C=O) groups is 2. The summed E-state index contributed by atoms with van der Waals surface area (Å²) < 4.78 is 25.6. The van der Waals surface area contributed by atoms with E-state index in [9.17, 15) is 18.4 Å². The van der Waals surface area contributed by atoms with Gasteiger partial charge in [0, 0.05) is 11.3 Å². The smallest absolute Gasteiger partial charge is 0.251 e. The van der Waals surface area contributed by atoms with Gasteiger partial charge in [-0.1, -0.05) is 0 Å². The molecule has 2 amide bonds. The van der Waals surface area contributed by atoms with E-state index in [1.54, 1.807) is 0 Å². The maximum Gasteiger partial charge on any atom is 0.251 e. The molecular weight excluding hydrogens is 290 g/mol. The van der Waals surface area contributed by atoms with Gasteiger partial charge in [0.05, 0.1) is 0 Å². The van der Waals surface area contributed by atoms with Crippen molar-refractivity contribution in [2.45, 2.75) is 13.0 Å². The van der Waals surface area contributed by atoms with E-state index >= 15 is 0 Å². The fourth-order valence-corrected chi connectivity index (χ4v) is 1.73. The summed E-state index contributed by atoms with van der Waals surface area (Å²) in [6, 6.07) is 9.46. The number of rotatable bonds is 4. The number of hydrogen-bond acceptors (Lipinski definition) is 2. The average molecular weight is 304 g/mol. The van der Waals surface area contributed by atoms with Crippen LogP contribution in [-0.2, 0) is 4.79 Å². The zero-order valence-corrected chi connectivity index (χ0v) is 11.8. The molecule has 0 spiro atoms. The topological polar surface area (TPSA) is 58.2 Å². The highest BCUT2D eigenvalue weighted by atomic mass is 19.1. The van der Waals surface area contributed by atoms with Crippen molar-refractivity contribution in [2.24, 2.45) is 0 Å². The third-order valence-electron chi connectivity index (χ3n) is 2.96. The first kappa shape index (κ1) is 15.6.